The van der Waals surface area contributed by atoms with Gasteiger partial charge in [-0.05, 0) is 42.5 Å². The highest BCUT2D eigenvalue weighted by molar-refractivity contribution is 5.92. The summed E-state index contributed by atoms with van der Waals surface area (Å²) in [5, 5.41) is 20.4. The van der Waals surface area contributed by atoms with Crippen LogP contribution in [0.15, 0.2) is 65.5 Å². The summed E-state index contributed by atoms with van der Waals surface area (Å²) in [6, 6.07) is 19.3. The molecule has 0 atom stereocenters. The van der Waals surface area contributed by atoms with E-state index in [4.69, 9.17) is 0 Å². The van der Waals surface area contributed by atoms with Gasteiger partial charge in [-0.2, -0.15) is 5.26 Å². The van der Waals surface area contributed by atoms with Crippen LogP contribution in [0.1, 0.15) is 5.56 Å². The van der Waals surface area contributed by atoms with E-state index in [1.807, 2.05) is 36.4 Å². The van der Waals surface area contributed by atoms with E-state index in [2.05, 4.69) is 4.98 Å². The monoisotopic (exact) mass is 313 g/mol. The lowest BCUT2D eigenvalue weighted by molar-refractivity contribution is 0.475. The number of nitriles is 1. The number of nitrogens with zero attached hydrogens (tertiary/aromatic N) is 3. The van der Waals surface area contributed by atoms with E-state index >= 15 is 0 Å². The van der Waals surface area contributed by atoms with Crippen LogP contribution >= 0.6 is 0 Å². The predicted octanol–water partition coefficient (Wildman–Crippen LogP) is 3.12. The third kappa shape index (κ3) is 2.09. The molecule has 4 rings (SSSR count). The fourth-order valence-corrected chi connectivity index (χ4v) is 2.76. The summed E-state index contributed by atoms with van der Waals surface area (Å²) >= 11 is 0. The van der Waals surface area contributed by atoms with Crippen molar-refractivity contribution in [2.45, 2.75) is 0 Å². The van der Waals surface area contributed by atoms with Crippen LogP contribution in [-0.2, 0) is 0 Å². The van der Waals surface area contributed by atoms with E-state index < -0.39 is 5.56 Å². The van der Waals surface area contributed by atoms with E-state index in [0.29, 0.717) is 16.7 Å². The third-order valence-corrected chi connectivity index (χ3v) is 3.91. The number of phenolic OH excluding ortho intramolecular Hbond substituents is 1. The summed E-state index contributed by atoms with van der Waals surface area (Å²) in [5.41, 5.74) is 1.40. The maximum Gasteiger partial charge on any atom is 0.274 e. The van der Waals surface area contributed by atoms with Crippen molar-refractivity contribution < 1.29 is 5.11 Å². The SMILES string of the molecule is N#Cc1cc2cc3ccccc3nc2n(-c2ccc(O)cc2)c1=O. The zero-order chi connectivity index (χ0) is 16.7. The Morgan fingerprint density at radius 1 is 1.00 bits per heavy atom. The molecule has 0 aliphatic carbocycles. The summed E-state index contributed by atoms with van der Waals surface area (Å²) in [4.78, 5) is 17.3. The fraction of sp³-hybridized carbons (Fsp3) is 0. The molecule has 24 heavy (non-hydrogen) atoms. The van der Waals surface area contributed by atoms with E-state index in [1.165, 1.54) is 16.7 Å². The standard InChI is InChI=1S/C19H11N3O2/c20-11-14-10-13-9-12-3-1-2-4-17(12)21-18(13)22(19(14)24)15-5-7-16(23)8-6-15/h1-10,23H. The molecule has 2 aromatic carbocycles. The van der Waals surface area contributed by atoms with Crippen molar-refractivity contribution in [3.8, 4) is 17.5 Å². The minimum atomic E-state index is -0.432. The van der Waals surface area contributed by atoms with Gasteiger partial charge in [0.25, 0.3) is 5.56 Å². The second-order valence-corrected chi connectivity index (χ2v) is 5.42. The smallest absolute Gasteiger partial charge is 0.274 e. The first kappa shape index (κ1) is 14.0. The van der Waals surface area contributed by atoms with Crippen molar-refractivity contribution in [3.05, 3.63) is 76.6 Å². The molecule has 114 valence electrons. The first-order valence-corrected chi connectivity index (χ1v) is 7.32. The summed E-state index contributed by atoms with van der Waals surface area (Å²) in [6.07, 6.45) is 0. The molecule has 0 unspecified atom stereocenters. The number of hydrogen-bond donors (Lipinski definition) is 1. The molecule has 5 heteroatoms. The predicted molar refractivity (Wildman–Crippen MR) is 91.2 cm³/mol. The van der Waals surface area contributed by atoms with Crippen LogP contribution in [0.2, 0.25) is 0 Å². The number of phenols is 1. The molecule has 2 heterocycles. The fourth-order valence-electron chi connectivity index (χ4n) is 2.76. The molecule has 5 nitrogen and oxygen atoms in total. The number of fused-ring (bicyclic) bond motifs is 2. The summed E-state index contributed by atoms with van der Waals surface area (Å²) in [5.74, 6) is 0.103. The van der Waals surface area contributed by atoms with Gasteiger partial charge < -0.3 is 5.11 Å². The average molecular weight is 313 g/mol. The van der Waals surface area contributed by atoms with Crippen LogP contribution in [0.25, 0.3) is 27.6 Å². The van der Waals surface area contributed by atoms with Crippen molar-refractivity contribution in [2.75, 3.05) is 0 Å². The molecule has 0 spiro atoms. The molecule has 0 amide bonds. The lowest BCUT2D eigenvalue weighted by Gasteiger charge is -2.11. The molecule has 0 saturated heterocycles. The second-order valence-electron chi connectivity index (χ2n) is 5.42. The molecule has 0 aliphatic heterocycles. The number of rotatable bonds is 1. The number of aromatic hydroxyl groups is 1. The molecule has 1 N–H and O–H groups in total. The molecule has 0 fully saturated rings. The Hall–Kier alpha value is -3.65. The zero-order valence-corrected chi connectivity index (χ0v) is 12.5. The molecule has 0 radical (unpaired) electrons. The van der Waals surface area contributed by atoms with Crippen LogP contribution in [0.5, 0.6) is 5.75 Å². The Labute approximate surface area is 136 Å². The van der Waals surface area contributed by atoms with Gasteiger partial charge in [-0.15, -0.1) is 0 Å². The van der Waals surface area contributed by atoms with Crippen molar-refractivity contribution in [2.24, 2.45) is 0 Å². The highest BCUT2D eigenvalue weighted by atomic mass is 16.3. The first-order chi connectivity index (χ1) is 11.7. The van der Waals surface area contributed by atoms with E-state index in [0.717, 1.165) is 10.9 Å². The summed E-state index contributed by atoms with van der Waals surface area (Å²) in [6.45, 7) is 0. The van der Waals surface area contributed by atoms with Gasteiger partial charge in [-0.25, -0.2) is 4.98 Å². The van der Waals surface area contributed by atoms with Crippen LogP contribution in [0.4, 0.5) is 0 Å². The highest BCUT2D eigenvalue weighted by Crippen LogP contribution is 2.22. The Kier molecular flexibility index (Phi) is 3.04. The van der Waals surface area contributed by atoms with Gasteiger partial charge in [0.15, 0.2) is 0 Å². The number of pyridine rings is 2. The van der Waals surface area contributed by atoms with E-state index in [-0.39, 0.29) is 11.3 Å². The normalized spacial score (nSPS) is 10.8. The van der Waals surface area contributed by atoms with Crippen LogP contribution in [-0.4, -0.2) is 14.7 Å². The lowest BCUT2D eigenvalue weighted by Crippen LogP contribution is -2.22. The molecule has 0 aliphatic rings. The molecular weight excluding hydrogens is 302 g/mol. The van der Waals surface area contributed by atoms with E-state index in [9.17, 15) is 15.2 Å². The van der Waals surface area contributed by atoms with Crippen molar-refractivity contribution in [1.82, 2.24) is 9.55 Å². The van der Waals surface area contributed by atoms with Gasteiger partial charge >= 0.3 is 0 Å². The molecule has 4 aromatic rings. The van der Waals surface area contributed by atoms with Gasteiger partial charge in [-0.1, -0.05) is 18.2 Å². The second kappa shape index (κ2) is 5.21. The Balaban J connectivity index is 2.18. The van der Waals surface area contributed by atoms with Crippen LogP contribution in [0, 0.1) is 11.3 Å². The number of hydrogen-bond acceptors (Lipinski definition) is 4. The lowest BCUT2D eigenvalue weighted by atomic mass is 10.1. The first-order valence-electron chi connectivity index (χ1n) is 7.32. The minimum absolute atomic E-state index is 0.0488. The maximum absolute atomic E-state index is 12.7. The summed E-state index contributed by atoms with van der Waals surface area (Å²) < 4.78 is 1.40. The van der Waals surface area contributed by atoms with Gasteiger partial charge in [0.05, 0.1) is 11.2 Å². The Bertz CT molecular complexity index is 1190. The molecule has 2 aromatic heterocycles. The summed E-state index contributed by atoms with van der Waals surface area (Å²) in [7, 11) is 0. The topological polar surface area (TPSA) is 78.9 Å². The van der Waals surface area contributed by atoms with Gasteiger partial charge in [-0.3, -0.25) is 9.36 Å². The van der Waals surface area contributed by atoms with Crippen molar-refractivity contribution >= 4 is 21.9 Å². The van der Waals surface area contributed by atoms with E-state index in [1.54, 1.807) is 18.2 Å². The zero-order valence-electron chi connectivity index (χ0n) is 12.5. The average Bonchev–Trinajstić information content (AvgIpc) is 2.61. The number of para-hydroxylation sites is 1. The Morgan fingerprint density at radius 2 is 1.75 bits per heavy atom. The quantitative estimate of drug-likeness (QED) is 0.548. The molecular formula is C19H11N3O2. The van der Waals surface area contributed by atoms with Gasteiger partial charge in [0.2, 0.25) is 0 Å². The van der Waals surface area contributed by atoms with Crippen LogP contribution < -0.4 is 5.56 Å². The Morgan fingerprint density at radius 3 is 2.50 bits per heavy atom. The van der Waals surface area contributed by atoms with Gasteiger partial charge in [0.1, 0.15) is 23.0 Å². The maximum atomic E-state index is 12.7. The molecule has 0 saturated carbocycles. The third-order valence-electron chi connectivity index (χ3n) is 3.91. The minimum Gasteiger partial charge on any atom is -0.508 e. The molecule has 0 bridgehead atoms. The highest BCUT2D eigenvalue weighted by Gasteiger charge is 2.13. The van der Waals surface area contributed by atoms with Crippen LogP contribution in [0.3, 0.4) is 0 Å². The van der Waals surface area contributed by atoms with Crippen molar-refractivity contribution in [1.29, 1.82) is 5.26 Å². The van der Waals surface area contributed by atoms with Gasteiger partial charge in [0, 0.05) is 10.8 Å². The largest absolute Gasteiger partial charge is 0.508 e. The number of benzene rings is 2. The van der Waals surface area contributed by atoms with Crippen molar-refractivity contribution in [3.63, 3.8) is 0 Å². The number of aromatic nitrogens is 2.